The van der Waals surface area contributed by atoms with Gasteiger partial charge in [-0.05, 0) is 43.5 Å². The van der Waals surface area contributed by atoms with Gasteiger partial charge in [0.1, 0.15) is 24.6 Å². The number of hydrogen-bond donors (Lipinski definition) is 1. The van der Waals surface area contributed by atoms with Crippen molar-refractivity contribution in [3.05, 3.63) is 47.5 Å². The normalized spacial score (nSPS) is 18.3. The molecule has 2 aliphatic rings. The Labute approximate surface area is 225 Å². The van der Waals surface area contributed by atoms with Crippen LogP contribution in [0, 0.1) is 5.82 Å². The van der Waals surface area contributed by atoms with Gasteiger partial charge in [-0.1, -0.05) is 18.5 Å². The van der Waals surface area contributed by atoms with Crippen LogP contribution in [0.5, 0.6) is 11.5 Å². The fourth-order valence-corrected chi connectivity index (χ4v) is 5.29. The van der Waals surface area contributed by atoms with Crippen LogP contribution in [-0.4, -0.2) is 77.9 Å². The van der Waals surface area contributed by atoms with E-state index in [0.29, 0.717) is 47.7 Å². The van der Waals surface area contributed by atoms with E-state index in [9.17, 15) is 9.18 Å². The fourth-order valence-electron chi connectivity index (χ4n) is 5.11. The van der Waals surface area contributed by atoms with Crippen LogP contribution in [0.2, 0.25) is 5.02 Å². The van der Waals surface area contributed by atoms with Gasteiger partial charge in [-0.25, -0.2) is 14.4 Å². The molecule has 0 radical (unpaired) electrons. The van der Waals surface area contributed by atoms with E-state index in [-0.39, 0.29) is 17.2 Å². The standard InChI is InChI=1S/C27H31ClFN5O4/c1-3-25(33-8-6-18(7-9-33)34-10-11-37-26(35)15-34)38-24-13-19-22(14-23(24)36-2)30-16-31-27(19)32-17-4-5-21(29)20(28)12-17/h4-5,12-14,16,18,25H,3,6-11,15H2,1-2H3,(H,30,31,32). The quantitative estimate of drug-likeness (QED) is 0.409. The lowest BCUT2D eigenvalue weighted by molar-refractivity contribution is -0.152. The molecule has 9 nitrogen and oxygen atoms in total. The first-order valence-electron chi connectivity index (χ1n) is 12.8. The molecule has 2 aliphatic heterocycles. The topological polar surface area (TPSA) is 89.1 Å². The zero-order valence-corrected chi connectivity index (χ0v) is 22.2. The number of anilines is 2. The largest absolute Gasteiger partial charge is 0.493 e. The number of carbonyl (C=O) groups is 1. The minimum absolute atomic E-state index is 0.0221. The van der Waals surface area contributed by atoms with Crippen LogP contribution in [-0.2, 0) is 9.53 Å². The number of carbonyl (C=O) groups excluding carboxylic acids is 1. The number of cyclic esters (lactones) is 1. The highest BCUT2D eigenvalue weighted by molar-refractivity contribution is 6.31. The molecule has 1 unspecified atom stereocenters. The summed E-state index contributed by atoms with van der Waals surface area (Å²) in [6.45, 7) is 5.46. The van der Waals surface area contributed by atoms with E-state index in [4.69, 9.17) is 25.8 Å². The second-order valence-corrected chi connectivity index (χ2v) is 9.84. The molecule has 0 saturated carbocycles. The number of esters is 1. The van der Waals surface area contributed by atoms with Crippen LogP contribution in [0.15, 0.2) is 36.7 Å². The van der Waals surface area contributed by atoms with Crippen molar-refractivity contribution in [2.45, 2.75) is 38.5 Å². The van der Waals surface area contributed by atoms with E-state index >= 15 is 0 Å². The van der Waals surface area contributed by atoms with Gasteiger partial charge >= 0.3 is 5.97 Å². The Morgan fingerprint density at radius 3 is 2.71 bits per heavy atom. The van der Waals surface area contributed by atoms with Crippen LogP contribution >= 0.6 is 11.6 Å². The molecular weight excluding hydrogens is 513 g/mol. The number of benzene rings is 2. The summed E-state index contributed by atoms with van der Waals surface area (Å²) in [6.07, 6.45) is 4.02. The molecule has 2 fully saturated rings. The molecule has 0 amide bonds. The Morgan fingerprint density at radius 2 is 2.00 bits per heavy atom. The molecule has 2 saturated heterocycles. The Hall–Kier alpha value is -3.21. The number of rotatable bonds is 8. The molecule has 3 aromatic rings. The highest BCUT2D eigenvalue weighted by atomic mass is 35.5. The van der Waals surface area contributed by atoms with E-state index < -0.39 is 5.82 Å². The van der Waals surface area contributed by atoms with E-state index in [1.165, 1.54) is 18.5 Å². The number of nitrogens with one attached hydrogen (secondary N) is 1. The third-order valence-electron chi connectivity index (χ3n) is 7.11. The second kappa shape index (κ2) is 11.7. The number of piperidine rings is 1. The lowest BCUT2D eigenvalue weighted by Gasteiger charge is -2.41. The molecule has 0 bridgehead atoms. The summed E-state index contributed by atoms with van der Waals surface area (Å²) in [6, 6.07) is 8.48. The van der Waals surface area contributed by atoms with Gasteiger partial charge in [-0.15, -0.1) is 0 Å². The predicted octanol–water partition coefficient (Wildman–Crippen LogP) is 4.61. The van der Waals surface area contributed by atoms with Crippen molar-refractivity contribution in [1.82, 2.24) is 19.8 Å². The molecule has 0 spiro atoms. The number of morpholine rings is 1. The van der Waals surface area contributed by atoms with Crippen LogP contribution in [0.3, 0.4) is 0 Å². The zero-order valence-electron chi connectivity index (χ0n) is 21.5. The average Bonchev–Trinajstić information content (AvgIpc) is 2.93. The van der Waals surface area contributed by atoms with Gasteiger partial charge in [0, 0.05) is 42.8 Å². The summed E-state index contributed by atoms with van der Waals surface area (Å²) in [5.41, 5.74) is 1.28. The fraction of sp³-hybridized carbons (Fsp3) is 0.444. The van der Waals surface area contributed by atoms with Crippen molar-refractivity contribution in [3.63, 3.8) is 0 Å². The lowest BCUT2D eigenvalue weighted by Crippen LogP contribution is -2.52. The molecule has 38 heavy (non-hydrogen) atoms. The minimum Gasteiger partial charge on any atom is -0.493 e. The van der Waals surface area contributed by atoms with Crippen LogP contribution in [0.1, 0.15) is 26.2 Å². The van der Waals surface area contributed by atoms with Gasteiger partial charge in [0.05, 0.1) is 24.2 Å². The van der Waals surface area contributed by atoms with Gasteiger partial charge in [0.2, 0.25) is 0 Å². The van der Waals surface area contributed by atoms with Gasteiger partial charge in [-0.2, -0.15) is 0 Å². The van der Waals surface area contributed by atoms with Crippen LogP contribution < -0.4 is 14.8 Å². The number of ether oxygens (including phenoxy) is 3. The maximum Gasteiger partial charge on any atom is 0.320 e. The van der Waals surface area contributed by atoms with Crippen molar-refractivity contribution in [2.75, 3.05) is 45.2 Å². The molecule has 1 N–H and O–H groups in total. The summed E-state index contributed by atoms with van der Waals surface area (Å²) in [7, 11) is 1.60. The summed E-state index contributed by atoms with van der Waals surface area (Å²) >= 11 is 5.96. The Balaban J connectivity index is 1.34. The summed E-state index contributed by atoms with van der Waals surface area (Å²) in [5, 5.41) is 3.96. The monoisotopic (exact) mass is 543 g/mol. The van der Waals surface area contributed by atoms with Crippen molar-refractivity contribution < 1.29 is 23.4 Å². The predicted molar refractivity (Wildman–Crippen MR) is 143 cm³/mol. The first-order valence-corrected chi connectivity index (χ1v) is 13.2. The first-order chi connectivity index (χ1) is 18.4. The van der Waals surface area contributed by atoms with E-state index in [1.807, 2.05) is 12.1 Å². The molecule has 1 atom stereocenters. The lowest BCUT2D eigenvalue weighted by atomic mass is 10.0. The van der Waals surface area contributed by atoms with E-state index in [0.717, 1.165) is 44.3 Å². The van der Waals surface area contributed by atoms with Gasteiger partial charge in [0.25, 0.3) is 0 Å². The van der Waals surface area contributed by atoms with Crippen LogP contribution in [0.4, 0.5) is 15.9 Å². The SMILES string of the molecule is CCC(Oc1cc2c(Nc3ccc(F)c(Cl)c3)ncnc2cc1OC)N1CCC(N2CCOC(=O)C2)CC1. The van der Waals surface area contributed by atoms with Crippen molar-refractivity contribution in [2.24, 2.45) is 0 Å². The van der Waals surface area contributed by atoms with Gasteiger partial charge in [-0.3, -0.25) is 14.6 Å². The molecular formula is C27H31ClFN5O4. The number of halogens is 2. The van der Waals surface area contributed by atoms with E-state index in [2.05, 4.69) is 32.0 Å². The van der Waals surface area contributed by atoms with Gasteiger partial charge in [0.15, 0.2) is 17.7 Å². The molecule has 3 heterocycles. The van der Waals surface area contributed by atoms with Crippen molar-refractivity contribution in [3.8, 4) is 11.5 Å². The Bertz CT molecular complexity index is 1300. The number of methoxy groups -OCH3 is 1. The number of fused-ring (bicyclic) bond motifs is 1. The van der Waals surface area contributed by atoms with Crippen molar-refractivity contribution >= 4 is 40.0 Å². The average molecular weight is 544 g/mol. The first kappa shape index (κ1) is 26.4. The number of nitrogens with zero attached hydrogens (tertiary/aromatic N) is 4. The Kier molecular flexibility index (Phi) is 8.11. The molecule has 0 aliphatic carbocycles. The van der Waals surface area contributed by atoms with E-state index in [1.54, 1.807) is 13.2 Å². The summed E-state index contributed by atoms with van der Waals surface area (Å²) < 4.78 is 30.9. The minimum atomic E-state index is -0.488. The summed E-state index contributed by atoms with van der Waals surface area (Å²) in [4.78, 5) is 25.1. The number of aromatic nitrogens is 2. The Morgan fingerprint density at radius 1 is 1.18 bits per heavy atom. The zero-order chi connectivity index (χ0) is 26.6. The maximum absolute atomic E-state index is 13.6. The maximum atomic E-state index is 13.6. The summed E-state index contributed by atoms with van der Waals surface area (Å²) in [5.74, 6) is 1.07. The highest BCUT2D eigenvalue weighted by Crippen LogP contribution is 2.36. The molecule has 11 heteroatoms. The molecule has 2 aromatic carbocycles. The highest BCUT2D eigenvalue weighted by Gasteiger charge is 2.31. The number of likely N-dealkylation sites (tertiary alicyclic amines) is 1. The third kappa shape index (κ3) is 5.77. The van der Waals surface area contributed by atoms with Crippen LogP contribution in [0.25, 0.3) is 10.9 Å². The number of hydrogen-bond acceptors (Lipinski definition) is 9. The third-order valence-corrected chi connectivity index (χ3v) is 7.40. The molecule has 5 rings (SSSR count). The van der Waals surface area contributed by atoms with Crippen molar-refractivity contribution in [1.29, 1.82) is 0 Å². The molecule has 1 aromatic heterocycles. The molecule has 202 valence electrons. The second-order valence-electron chi connectivity index (χ2n) is 9.44. The van der Waals surface area contributed by atoms with Gasteiger partial charge < -0.3 is 19.5 Å². The smallest absolute Gasteiger partial charge is 0.320 e.